The molecule has 0 heterocycles. The van der Waals surface area contributed by atoms with E-state index in [4.69, 9.17) is 5.73 Å². The molecule has 0 aliphatic carbocycles. The lowest BCUT2D eigenvalue weighted by Crippen LogP contribution is -2.42. The van der Waals surface area contributed by atoms with Crippen LogP contribution in [0.3, 0.4) is 0 Å². The first-order valence-corrected chi connectivity index (χ1v) is 7.60. The fourth-order valence-corrected chi connectivity index (χ4v) is 2.32. The number of alkyl halides is 2. The molecule has 0 aromatic heterocycles. The van der Waals surface area contributed by atoms with Gasteiger partial charge in [0, 0.05) is 0 Å². The van der Waals surface area contributed by atoms with Gasteiger partial charge in [-0.3, -0.25) is 4.79 Å². The van der Waals surface area contributed by atoms with Crippen LogP contribution in [0.15, 0.2) is 54.6 Å². The van der Waals surface area contributed by atoms with E-state index in [2.05, 4.69) is 10.1 Å². The number of carbonyl (C=O) groups is 1. The Kier molecular flexibility index (Phi) is 6.26. The van der Waals surface area contributed by atoms with E-state index in [-0.39, 0.29) is 17.7 Å². The van der Waals surface area contributed by atoms with Crippen molar-refractivity contribution in [3.8, 4) is 5.75 Å². The van der Waals surface area contributed by atoms with Gasteiger partial charge in [-0.15, -0.1) is 0 Å². The maximum Gasteiger partial charge on any atom is 0.387 e. The number of rotatable bonds is 7. The summed E-state index contributed by atoms with van der Waals surface area (Å²) in [5.74, 6) is -0.247. The highest BCUT2D eigenvalue weighted by molar-refractivity contribution is 5.82. The minimum Gasteiger partial charge on any atom is -0.435 e. The van der Waals surface area contributed by atoms with E-state index < -0.39 is 12.7 Å². The number of nitrogens with one attached hydrogen (secondary N) is 1. The normalized spacial score (nSPS) is 13.4. The lowest BCUT2D eigenvalue weighted by atomic mass is 10.0. The van der Waals surface area contributed by atoms with Gasteiger partial charge in [0.25, 0.3) is 0 Å². The molecule has 0 saturated heterocycles. The topological polar surface area (TPSA) is 64.4 Å². The highest BCUT2D eigenvalue weighted by Crippen LogP contribution is 2.20. The Morgan fingerprint density at radius 3 is 2.54 bits per heavy atom. The summed E-state index contributed by atoms with van der Waals surface area (Å²) in [6.45, 7) is -1.13. The van der Waals surface area contributed by atoms with Crippen LogP contribution in [0.1, 0.15) is 24.1 Å². The maximum atomic E-state index is 12.3. The molecular weight excluding hydrogens is 314 g/mol. The van der Waals surface area contributed by atoms with Gasteiger partial charge in [-0.25, -0.2) is 0 Å². The van der Waals surface area contributed by atoms with E-state index in [1.54, 1.807) is 19.1 Å². The minimum atomic E-state index is -2.88. The van der Waals surface area contributed by atoms with Crippen LogP contribution >= 0.6 is 0 Å². The van der Waals surface area contributed by atoms with Gasteiger partial charge in [0.1, 0.15) is 5.75 Å². The average molecular weight is 334 g/mol. The number of benzene rings is 2. The molecule has 0 radical (unpaired) electrons. The zero-order valence-corrected chi connectivity index (χ0v) is 13.3. The second-order valence-electron chi connectivity index (χ2n) is 5.48. The Labute approximate surface area is 139 Å². The van der Waals surface area contributed by atoms with E-state index in [0.29, 0.717) is 12.0 Å². The van der Waals surface area contributed by atoms with Crippen LogP contribution in [0.2, 0.25) is 0 Å². The number of carbonyl (C=O) groups excluding carboxylic acids is 1. The van der Waals surface area contributed by atoms with E-state index in [1.165, 1.54) is 12.1 Å². The quantitative estimate of drug-likeness (QED) is 0.818. The Hall–Kier alpha value is -2.47. The van der Waals surface area contributed by atoms with Crippen molar-refractivity contribution in [2.45, 2.75) is 32.0 Å². The third kappa shape index (κ3) is 5.31. The summed E-state index contributed by atoms with van der Waals surface area (Å²) in [6, 6.07) is 14.6. The fraction of sp³-hybridized carbons (Fsp3) is 0.278. The van der Waals surface area contributed by atoms with E-state index in [0.717, 1.165) is 5.56 Å². The van der Waals surface area contributed by atoms with Gasteiger partial charge >= 0.3 is 6.61 Å². The number of hydrogen-bond acceptors (Lipinski definition) is 3. The summed E-state index contributed by atoms with van der Waals surface area (Å²) >= 11 is 0. The highest BCUT2D eigenvalue weighted by Gasteiger charge is 2.17. The molecule has 2 aromatic carbocycles. The Bertz CT molecular complexity index is 665. The largest absolute Gasteiger partial charge is 0.435 e. The van der Waals surface area contributed by atoms with Crippen LogP contribution in [-0.2, 0) is 11.2 Å². The predicted octanol–water partition coefficient (Wildman–Crippen LogP) is 3.04. The van der Waals surface area contributed by atoms with Gasteiger partial charge in [0.2, 0.25) is 5.91 Å². The van der Waals surface area contributed by atoms with Gasteiger partial charge in [-0.2, -0.15) is 8.78 Å². The van der Waals surface area contributed by atoms with Crippen molar-refractivity contribution in [1.29, 1.82) is 0 Å². The Morgan fingerprint density at radius 2 is 1.88 bits per heavy atom. The summed E-state index contributed by atoms with van der Waals surface area (Å²) in [6.07, 6.45) is 0.425. The van der Waals surface area contributed by atoms with Crippen LogP contribution < -0.4 is 15.8 Å². The monoisotopic (exact) mass is 334 g/mol. The molecule has 2 atom stereocenters. The first-order chi connectivity index (χ1) is 11.5. The lowest BCUT2D eigenvalue weighted by molar-refractivity contribution is -0.123. The van der Waals surface area contributed by atoms with Crippen molar-refractivity contribution in [3.63, 3.8) is 0 Å². The predicted molar refractivity (Wildman–Crippen MR) is 87.8 cm³/mol. The van der Waals surface area contributed by atoms with Crippen LogP contribution in [0.4, 0.5) is 8.78 Å². The molecule has 0 spiro atoms. The number of ether oxygens (including phenoxy) is 1. The van der Waals surface area contributed by atoms with Gasteiger partial charge in [-0.1, -0.05) is 42.5 Å². The zero-order valence-electron chi connectivity index (χ0n) is 13.3. The molecule has 0 aliphatic rings. The number of amides is 1. The fourth-order valence-electron chi connectivity index (χ4n) is 2.32. The molecule has 0 bridgehead atoms. The molecule has 128 valence electrons. The minimum absolute atomic E-state index is 0.0529. The lowest BCUT2D eigenvalue weighted by Gasteiger charge is -2.18. The average Bonchev–Trinajstić information content (AvgIpc) is 2.55. The Balaban J connectivity index is 1.95. The second kappa shape index (κ2) is 8.40. The van der Waals surface area contributed by atoms with Crippen LogP contribution in [-0.4, -0.2) is 18.6 Å². The first-order valence-electron chi connectivity index (χ1n) is 7.60. The number of nitrogens with two attached hydrogens (primary N) is 1. The van der Waals surface area contributed by atoms with Gasteiger partial charge < -0.3 is 15.8 Å². The van der Waals surface area contributed by atoms with E-state index >= 15 is 0 Å². The standard InChI is InChI=1S/C18H20F2N2O2/c1-12(14-8-5-9-15(11-14)24-18(19)20)22-17(23)16(21)10-13-6-3-2-4-7-13/h2-9,11-12,16,18H,10,21H2,1H3,(H,22,23)/t12?,16-/m0/s1. The molecular formula is C18H20F2N2O2. The molecule has 6 heteroatoms. The van der Waals surface area contributed by atoms with Gasteiger partial charge in [0.05, 0.1) is 12.1 Å². The smallest absolute Gasteiger partial charge is 0.387 e. The molecule has 3 N–H and O–H groups in total. The molecule has 4 nitrogen and oxygen atoms in total. The third-order valence-corrected chi connectivity index (χ3v) is 3.58. The molecule has 0 fully saturated rings. The zero-order chi connectivity index (χ0) is 17.5. The van der Waals surface area contributed by atoms with Crippen molar-refractivity contribution < 1.29 is 18.3 Å². The molecule has 2 aromatic rings. The van der Waals surface area contributed by atoms with Gasteiger partial charge in [0.15, 0.2) is 0 Å². The van der Waals surface area contributed by atoms with Crippen molar-refractivity contribution in [2.24, 2.45) is 5.73 Å². The van der Waals surface area contributed by atoms with Crippen LogP contribution in [0.25, 0.3) is 0 Å². The first kappa shape index (κ1) is 17.9. The molecule has 0 aliphatic heterocycles. The molecule has 0 saturated carbocycles. The summed E-state index contributed by atoms with van der Waals surface area (Å²) < 4.78 is 28.9. The maximum absolute atomic E-state index is 12.3. The van der Waals surface area contributed by atoms with Crippen molar-refractivity contribution in [1.82, 2.24) is 5.32 Å². The molecule has 24 heavy (non-hydrogen) atoms. The number of halogens is 2. The van der Waals surface area contributed by atoms with Crippen molar-refractivity contribution in [3.05, 3.63) is 65.7 Å². The van der Waals surface area contributed by atoms with Crippen molar-refractivity contribution >= 4 is 5.91 Å². The van der Waals surface area contributed by atoms with E-state index in [1.807, 2.05) is 30.3 Å². The summed E-state index contributed by atoms with van der Waals surface area (Å²) in [5, 5.41) is 2.79. The third-order valence-electron chi connectivity index (χ3n) is 3.58. The summed E-state index contributed by atoms with van der Waals surface area (Å²) in [7, 11) is 0. The van der Waals surface area contributed by atoms with Crippen LogP contribution in [0, 0.1) is 0 Å². The SMILES string of the molecule is CC(NC(=O)[C@@H](N)Cc1ccccc1)c1cccc(OC(F)F)c1. The van der Waals surface area contributed by atoms with E-state index in [9.17, 15) is 13.6 Å². The van der Waals surface area contributed by atoms with Crippen molar-refractivity contribution in [2.75, 3.05) is 0 Å². The number of hydrogen-bond donors (Lipinski definition) is 2. The highest BCUT2D eigenvalue weighted by atomic mass is 19.3. The molecule has 2 rings (SSSR count). The molecule has 1 unspecified atom stereocenters. The van der Waals surface area contributed by atoms with Crippen LogP contribution in [0.5, 0.6) is 5.75 Å². The molecule has 1 amide bonds. The summed E-state index contributed by atoms with van der Waals surface area (Å²) in [4.78, 5) is 12.2. The second-order valence-corrected chi connectivity index (χ2v) is 5.48. The summed E-state index contributed by atoms with van der Waals surface area (Å²) in [5.41, 5.74) is 7.57. The Morgan fingerprint density at radius 1 is 1.17 bits per heavy atom. The van der Waals surface area contributed by atoms with Gasteiger partial charge in [-0.05, 0) is 36.6 Å².